The van der Waals surface area contributed by atoms with Crippen molar-refractivity contribution in [3.8, 4) is 0 Å². The van der Waals surface area contributed by atoms with Gasteiger partial charge in [0.2, 0.25) is 0 Å². The maximum Gasteiger partial charge on any atom is 0.273 e. The molecule has 0 aromatic carbocycles. The Labute approximate surface area is 120 Å². The zero-order valence-corrected chi connectivity index (χ0v) is 12.2. The number of nitrogens with one attached hydrogen (secondary N) is 1. The van der Waals surface area contributed by atoms with Crippen LogP contribution >= 0.6 is 0 Å². The predicted octanol–water partition coefficient (Wildman–Crippen LogP) is 1.33. The number of rotatable bonds is 5. The van der Waals surface area contributed by atoms with Crippen LogP contribution in [-0.2, 0) is 6.54 Å². The molecule has 3 N–H and O–H groups in total. The Hall–Kier alpha value is -1.43. The van der Waals surface area contributed by atoms with Crippen LogP contribution in [0.2, 0.25) is 0 Å². The highest BCUT2D eigenvalue weighted by atomic mass is 16.2. The van der Waals surface area contributed by atoms with Crippen LogP contribution in [0, 0.1) is 5.92 Å². The highest BCUT2D eigenvalue weighted by Crippen LogP contribution is 2.25. The van der Waals surface area contributed by atoms with Crippen LogP contribution in [0.15, 0.2) is 6.20 Å². The minimum atomic E-state index is -0.134. The molecule has 20 heavy (non-hydrogen) atoms. The molecule has 1 fully saturated rings. The van der Waals surface area contributed by atoms with Gasteiger partial charge >= 0.3 is 0 Å². The Morgan fingerprint density at radius 1 is 1.45 bits per heavy atom. The smallest absolute Gasteiger partial charge is 0.273 e. The molecule has 1 aliphatic rings. The second-order valence-corrected chi connectivity index (χ2v) is 5.67. The second kappa shape index (κ2) is 7.38. The topological polar surface area (TPSA) is 85.8 Å². The Morgan fingerprint density at radius 3 is 2.80 bits per heavy atom. The number of aromatic nitrogens is 3. The van der Waals surface area contributed by atoms with Crippen molar-refractivity contribution < 1.29 is 4.79 Å². The minimum Gasteiger partial charge on any atom is -0.348 e. The van der Waals surface area contributed by atoms with Gasteiger partial charge in [0.25, 0.3) is 5.91 Å². The van der Waals surface area contributed by atoms with E-state index in [1.54, 1.807) is 10.9 Å². The van der Waals surface area contributed by atoms with Crippen molar-refractivity contribution in [2.45, 2.75) is 58.0 Å². The fourth-order valence-corrected chi connectivity index (χ4v) is 2.85. The number of nitrogens with zero attached hydrogens (tertiary/aromatic N) is 3. The highest BCUT2D eigenvalue weighted by Gasteiger charge is 2.22. The van der Waals surface area contributed by atoms with Crippen LogP contribution in [0.5, 0.6) is 0 Å². The minimum absolute atomic E-state index is 0.134. The lowest BCUT2D eigenvalue weighted by molar-refractivity contribution is 0.0918. The first kappa shape index (κ1) is 15.0. The van der Waals surface area contributed by atoms with E-state index >= 15 is 0 Å². The SMILES string of the molecule is C[C@H](NC(=O)c1cn(CCN)nn1)C1CCCCCC1. The summed E-state index contributed by atoms with van der Waals surface area (Å²) in [5, 5.41) is 10.8. The first-order chi connectivity index (χ1) is 9.70. The summed E-state index contributed by atoms with van der Waals surface area (Å²) < 4.78 is 1.60. The molecule has 0 aliphatic heterocycles. The molecule has 1 aromatic heterocycles. The lowest BCUT2D eigenvalue weighted by Gasteiger charge is -2.23. The number of hydrogen-bond donors (Lipinski definition) is 2. The fraction of sp³-hybridized carbons (Fsp3) is 0.786. The molecule has 2 rings (SSSR count). The van der Waals surface area contributed by atoms with Gasteiger partial charge in [-0.25, -0.2) is 0 Å². The van der Waals surface area contributed by atoms with Gasteiger partial charge in [-0.1, -0.05) is 30.9 Å². The summed E-state index contributed by atoms with van der Waals surface area (Å²) >= 11 is 0. The van der Waals surface area contributed by atoms with E-state index in [4.69, 9.17) is 5.73 Å². The molecule has 0 bridgehead atoms. The van der Waals surface area contributed by atoms with E-state index < -0.39 is 0 Å². The van der Waals surface area contributed by atoms with E-state index in [-0.39, 0.29) is 11.9 Å². The van der Waals surface area contributed by atoms with Gasteiger partial charge in [-0.05, 0) is 25.7 Å². The van der Waals surface area contributed by atoms with Crippen molar-refractivity contribution >= 4 is 5.91 Å². The molecule has 6 heteroatoms. The molecular weight excluding hydrogens is 254 g/mol. The normalized spacial score (nSPS) is 18.5. The molecule has 1 aliphatic carbocycles. The van der Waals surface area contributed by atoms with Gasteiger partial charge in [-0.15, -0.1) is 5.10 Å². The van der Waals surface area contributed by atoms with Gasteiger partial charge in [0.05, 0.1) is 12.7 Å². The Bertz CT molecular complexity index is 423. The van der Waals surface area contributed by atoms with Gasteiger partial charge in [0, 0.05) is 12.6 Å². The molecule has 1 saturated carbocycles. The third-order valence-corrected chi connectivity index (χ3v) is 4.10. The number of carbonyl (C=O) groups is 1. The average molecular weight is 279 g/mol. The first-order valence-electron chi connectivity index (χ1n) is 7.61. The van der Waals surface area contributed by atoms with Crippen LogP contribution in [-0.4, -0.2) is 33.5 Å². The van der Waals surface area contributed by atoms with E-state index in [1.165, 1.54) is 38.5 Å². The van der Waals surface area contributed by atoms with E-state index in [0.29, 0.717) is 24.7 Å². The van der Waals surface area contributed by atoms with Crippen molar-refractivity contribution in [1.29, 1.82) is 0 Å². The Balaban J connectivity index is 1.88. The third-order valence-electron chi connectivity index (χ3n) is 4.10. The van der Waals surface area contributed by atoms with Crippen LogP contribution in [0.3, 0.4) is 0 Å². The molecule has 1 heterocycles. The molecule has 112 valence electrons. The monoisotopic (exact) mass is 279 g/mol. The summed E-state index contributed by atoms with van der Waals surface area (Å²) in [7, 11) is 0. The van der Waals surface area contributed by atoms with Gasteiger partial charge in [0.1, 0.15) is 0 Å². The van der Waals surface area contributed by atoms with Crippen LogP contribution < -0.4 is 11.1 Å². The molecule has 0 saturated heterocycles. The summed E-state index contributed by atoms with van der Waals surface area (Å²) in [4.78, 5) is 12.1. The molecule has 0 radical (unpaired) electrons. The summed E-state index contributed by atoms with van der Waals surface area (Å²) in [6, 6.07) is 0.195. The van der Waals surface area contributed by atoms with Crippen LogP contribution in [0.25, 0.3) is 0 Å². The molecule has 6 nitrogen and oxygen atoms in total. The number of amides is 1. The molecular formula is C14H25N5O. The van der Waals surface area contributed by atoms with Gasteiger partial charge in [-0.3, -0.25) is 9.48 Å². The Kier molecular flexibility index (Phi) is 5.52. The van der Waals surface area contributed by atoms with E-state index in [1.807, 2.05) is 0 Å². The van der Waals surface area contributed by atoms with Gasteiger partial charge in [0.15, 0.2) is 5.69 Å². The van der Waals surface area contributed by atoms with Crippen molar-refractivity contribution in [1.82, 2.24) is 20.3 Å². The van der Waals surface area contributed by atoms with E-state index in [9.17, 15) is 4.79 Å². The quantitative estimate of drug-likeness (QED) is 0.796. The standard InChI is InChI=1S/C14H25N5O/c1-11(12-6-4-2-3-5-7-12)16-14(20)13-10-19(9-8-15)18-17-13/h10-12H,2-9,15H2,1H3,(H,16,20)/t11-/m0/s1. The number of hydrogen-bond acceptors (Lipinski definition) is 4. The average Bonchev–Trinajstić information content (AvgIpc) is 2.73. The van der Waals surface area contributed by atoms with E-state index in [0.717, 1.165) is 0 Å². The van der Waals surface area contributed by atoms with Crippen molar-refractivity contribution in [3.05, 3.63) is 11.9 Å². The molecule has 1 atom stereocenters. The van der Waals surface area contributed by atoms with Crippen LogP contribution in [0.4, 0.5) is 0 Å². The van der Waals surface area contributed by atoms with Crippen molar-refractivity contribution in [2.75, 3.05) is 6.54 Å². The lowest BCUT2D eigenvalue weighted by Crippen LogP contribution is -2.38. The molecule has 1 amide bonds. The maximum absolute atomic E-state index is 12.1. The fourth-order valence-electron chi connectivity index (χ4n) is 2.85. The number of nitrogens with two attached hydrogens (primary N) is 1. The summed E-state index contributed by atoms with van der Waals surface area (Å²) in [6.07, 6.45) is 9.27. The zero-order chi connectivity index (χ0) is 14.4. The van der Waals surface area contributed by atoms with Crippen LogP contribution in [0.1, 0.15) is 55.9 Å². The van der Waals surface area contributed by atoms with Crippen molar-refractivity contribution in [3.63, 3.8) is 0 Å². The van der Waals surface area contributed by atoms with E-state index in [2.05, 4.69) is 22.6 Å². The Morgan fingerprint density at radius 2 is 2.15 bits per heavy atom. The predicted molar refractivity (Wildman–Crippen MR) is 77.2 cm³/mol. The van der Waals surface area contributed by atoms with Gasteiger partial charge in [-0.2, -0.15) is 0 Å². The number of carbonyl (C=O) groups excluding carboxylic acids is 1. The molecule has 1 aromatic rings. The molecule has 0 spiro atoms. The van der Waals surface area contributed by atoms with Crippen molar-refractivity contribution in [2.24, 2.45) is 11.7 Å². The third kappa shape index (κ3) is 4.03. The summed E-state index contributed by atoms with van der Waals surface area (Å²) in [6.45, 7) is 3.17. The largest absolute Gasteiger partial charge is 0.348 e. The highest BCUT2D eigenvalue weighted by molar-refractivity contribution is 5.92. The summed E-state index contributed by atoms with van der Waals surface area (Å²) in [5.41, 5.74) is 5.82. The maximum atomic E-state index is 12.1. The van der Waals surface area contributed by atoms with Gasteiger partial charge < -0.3 is 11.1 Å². The zero-order valence-electron chi connectivity index (χ0n) is 12.2. The first-order valence-corrected chi connectivity index (χ1v) is 7.61. The summed E-state index contributed by atoms with van der Waals surface area (Å²) in [5.74, 6) is 0.450. The molecule has 0 unspecified atom stereocenters. The lowest BCUT2D eigenvalue weighted by atomic mass is 9.93. The second-order valence-electron chi connectivity index (χ2n) is 5.67.